The van der Waals surface area contributed by atoms with Crippen LogP contribution in [0.2, 0.25) is 0 Å². The first kappa shape index (κ1) is 18.0. The minimum Gasteiger partial charge on any atom is -0.456 e. The summed E-state index contributed by atoms with van der Waals surface area (Å²) in [5.41, 5.74) is 6.35. The molecule has 2 nitrogen and oxygen atoms in total. The van der Waals surface area contributed by atoms with Gasteiger partial charge in [0.05, 0.1) is 10.9 Å². The van der Waals surface area contributed by atoms with Gasteiger partial charge in [0.1, 0.15) is 18.2 Å². The fourth-order valence-corrected chi connectivity index (χ4v) is 4.94. The number of hydrogen-bond acceptors (Lipinski definition) is 1. The summed E-state index contributed by atoms with van der Waals surface area (Å²) in [7, 11) is 2.09. The van der Waals surface area contributed by atoms with Crippen molar-refractivity contribution >= 4 is 43.5 Å². The van der Waals surface area contributed by atoms with Crippen LogP contribution in [0.15, 0.2) is 83.4 Å². The molecule has 2 heteroatoms. The molecule has 0 saturated carbocycles. The van der Waals surface area contributed by atoms with Crippen molar-refractivity contribution in [2.75, 3.05) is 0 Å². The molecule has 156 valence electrons. The smallest absolute Gasteiger partial charge is 0.220 e. The highest BCUT2D eigenvalue weighted by atomic mass is 16.3. The summed E-state index contributed by atoms with van der Waals surface area (Å²) < 4.78 is 17.0. The molecule has 0 amide bonds. The largest absolute Gasteiger partial charge is 0.456 e. The number of aromatic nitrogens is 1. The highest BCUT2D eigenvalue weighted by Crippen LogP contribution is 2.38. The van der Waals surface area contributed by atoms with Crippen LogP contribution < -0.4 is 4.57 Å². The van der Waals surface area contributed by atoms with E-state index in [0.717, 1.165) is 49.7 Å². The third-order valence-corrected chi connectivity index (χ3v) is 6.73. The predicted molar refractivity (Wildman–Crippen MR) is 134 cm³/mol. The molecule has 0 saturated heterocycles. The standard InChI is InChI=1S/C30H26NO/c1-18(2)20-9-10-25-23(15-20)13-14-31(4)29(25)24-11-12-26-27-16-21-7-5-6-8-22(21)17-28(27)32-30(26)19(24)3/h5-18H,1-4H3/q+1/i18D. The number of pyridine rings is 1. The molecule has 6 aromatic rings. The van der Waals surface area contributed by atoms with E-state index in [2.05, 4.69) is 97.5 Å². The van der Waals surface area contributed by atoms with Crippen molar-refractivity contribution < 1.29 is 10.4 Å². The topological polar surface area (TPSA) is 17.0 Å². The van der Waals surface area contributed by atoms with Crippen LogP contribution in [0.25, 0.3) is 54.7 Å². The lowest BCUT2D eigenvalue weighted by Crippen LogP contribution is -2.30. The van der Waals surface area contributed by atoms with Crippen molar-refractivity contribution in [2.45, 2.75) is 26.7 Å². The molecular weight excluding hydrogens is 390 g/mol. The van der Waals surface area contributed by atoms with Crippen LogP contribution in [-0.4, -0.2) is 0 Å². The molecular formula is C30H26NO+. The molecule has 2 aromatic heterocycles. The van der Waals surface area contributed by atoms with E-state index in [4.69, 9.17) is 5.79 Å². The zero-order valence-electron chi connectivity index (χ0n) is 19.9. The first-order valence-electron chi connectivity index (χ1n) is 11.6. The van der Waals surface area contributed by atoms with E-state index < -0.39 is 5.89 Å². The molecule has 6 rings (SSSR count). The van der Waals surface area contributed by atoms with E-state index in [1.54, 1.807) is 0 Å². The summed E-state index contributed by atoms with van der Waals surface area (Å²) in [5, 5.41) is 7.05. The van der Waals surface area contributed by atoms with E-state index in [0.29, 0.717) is 0 Å². The third-order valence-electron chi connectivity index (χ3n) is 6.73. The fourth-order valence-electron chi connectivity index (χ4n) is 4.94. The van der Waals surface area contributed by atoms with E-state index in [1.807, 2.05) is 13.8 Å². The number of rotatable bonds is 2. The van der Waals surface area contributed by atoms with Crippen molar-refractivity contribution in [3.8, 4) is 11.3 Å². The van der Waals surface area contributed by atoms with Crippen LogP contribution in [0.5, 0.6) is 0 Å². The lowest BCUT2D eigenvalue weighted by atomic mass is 9.94. The maximum atomic E-state index is 8.42. The Morgan fingerprint density at radius 1 is 0.812 bits per heavy atom. The average molecular weight is 418 g/mol. The highest BCUT2D eigenvalue weighted by molar-refractivity contribution is 6.12. The second-order valence-electron chi connectivity index (χ2n) is 8.99. The number of fused-ring (bicyclic) bond motifs is 5. The Kier molecular flexibility index (Phi) is 3.89. The highest BCUT2D eigenvalue weighted by Gasteiger charge is 2.21. The zero-order valence-corrected chi connectivity index (χ0v) is 18.9. The van der Waals surface area contributed by atoms with Crippen LogP contribution >= 0.6 is 0 Å². The second kappa shape index (κ2) is 6.93. The van der Waals surface area contributed by atoms with Gasteiger partial charge >= 0.3 is 0 Å². The summed E-state index contributed by atoms with van der Waals surface area (Å²) in [6, 6.07) is 25.7. The maximum absolute atomic E-state index is 8.42. The van der Waals surface area contributed by atoms with Gasteiger partial charge in [0.25, 0.3) is 0 Å². The van der Waals surface area contributed by atoms with Gasteiger partial charge in [0.15, 0.2) is 6.20 Å². The SMILES string of the molecule is [2H]C(C)(C)c1ccc2c(-c3ccc4c(oc5cc6ccccc6cc54)c3C)[n+](C)ccc2c1. The molecule has 2 heterocycles. The maximum Gasteiger partial charge on any atom is 0.220 e. The Morgan fingerprint density at radius 3 is 2.34 bits per heavy atom. The van der Waals surface area contributed by atoms with E-state index in [-0.39, 0.29) is 0 Å². The van der Waals surface area contributed by atoms with Crippen molar-refractivity contribution in [1.82, 2.24) is 0 Å². The van der Waals surface area contributed by atoms with Crippen LogP contribution in [0.1, 0.15) is 32.2 Å². The Morgan fingerprint density at radius 2 is 1.56 bits per heavy atom. The van der Waals surface area contributed by atoms with Gasteiger partial charge in [0.2, 0.25) is 5.69 Å². The minimum absolute atomic E-state index is 0.626. The van der Waals surface area contributed by atoms with Gasteiger partial charge in [-0.3, -0.25) is 0 Å². The molecule has 0 radical (unpaired) electrons. The minimum atomic E-state index is -0.626. The number of benzene rings is 4. The molecule has 4 aromatic carbocycles. The molecule has 0 fully saturated rings. The second-order valence-corrected chi connectivity index (χ2v) is 8.99. The van der Waals surface area contributed by atoms with Crippen LogP contribution in [0, 0.1) is 6.92 Å². The molecule has 0 aliphatic heterocycles. The first-order chi connectivity index (χ1) is 15.8. The van der Waals surface area contributed by atoms with Crippen molar-refractivity contribution in [3.63, 3.8) is 0 Å². The van der Waals surface area contributed by atoms with Gasteiger partial charge in [-0.2, -0.15) is 0 Å². The molecule has 32 heavy (non-hydrogen) atoms. The Hall–Kier alpha value is -3.65. The number of hydrogen-bond donors (Lipinski definition) is 0. The molecule has 0 N–H and O–H groups in total. The predicted octanol–water partition coefficient (Wildman–Crippen LogP) is 7.82. The monoisotopic (exact) mass is 417 g/mol. The van der Waals surface area contributed by atoms with E-state index in [1.165, 1.54) is 16.2 Å². The molecule has 0 atom stereocenters. The van der Waals surface area contributed by atoms with Gasteiger partial charge in [-0.25, -0.2) is 4.57 Å². The molecule has 0 unspecified atom stereocenters. The Bertz CT molecular complexity index is 1720. The quantitative estimate of drug-likeness (QED) is 0.263. The van der Waals surface area contributed by atoms with E-state index in [9.17, 15) is 0 Å². The lowest BCUT2D eigenvalue weighted by Gasteiger charge is -2.11. The Labute approximate surface area is 189 Å². The number of furan rings is 1. The number of nitrogens with zero attached hydrogens (tertiary/aromatic N) is 1. The lowest BCUT2D eigenvalue weighted by molar-refractivity contribution is -0.659. The normalized spacial score (nSPS) is 12.8. The number of aryl methyl sites for hydroxylation is 2. The van der Waals surface area contributed by atoms with Crippen molar-refractivity contribution in [3.05, 3.63) is 90.1 Å². The van der Waals surface area contributed by atoms with Gasteiger partial charge < -0.3 is 4.42 Å². The summed E-state index contributed by atoms with van der Waals surface area (Å²) >= 11 is 0. The van der Waals surface area contributed by atoms with Gasteiger partial charge in [-0.1, -0.05) is 50.2 Å². The zero-order chi connectivity index (χ0) is 22.9. The average Bonchev–Trinajstić information content (AvgIpc) is 3.16. The summed E-state index contributed by atoms with van der Waals surface area (Å²) in [6.07, 6.45) is 2.10. The van der Waals surface area contributed by atoms with Crippen molar-refractivity contribution in [1.29, 1.82) is 0 Å². The van der Waals surface area contributed by atoms with Crippen LogP contribution in [0.3, 0.4) is 0 Å². The Balaban J connectivity index is 1.62. The molecule has 0 aliphatic rings. The first-order valence-corrected chi connectivity index (χ1v) is 11.1. The molecule has 0 aliphatic carbocycles. The summed E-state index contributed by atoms with van der Waals surface area (Å²) in [5.74, 6) is -0.626. The van der Waals surface area contributed by atoms with Crippen molar-refractivity contribution in [2.24, 2.45) is 7.05 Å². The van der Waals surface area contributed by atoms with Crippen LogP contribution in [-0.2, 0) is 7.05 Å². The van der Waals surface area contributed by atoms with Gasteiger partial charge in [0, 0.05) is 23.8 Å². The molecule has 0 bridgehead atoms. The summed E-state index contributed by atoms with van der Waals surface area (Å²) in [6.45, 7) is 6.02. The fraction of sp³-hybridized carbons (Fsp3) is 0.167. The van der Waals surface area contributed by atoms with Gasteiger partial charge in [-0.15, -0.1) is 0 Å². The summed E-state index contributed by atoms with van der Waals surface area (Å²) in [4.78, 5) is 0. The third kappa shape index (κ3) is 2.76. The van der Waals surface area contributed by atoms with Gasteiger partial charge in [-0.05, 0) is 64.9 Å². The van der Waals surface area contributed by atoms with E-state index >= 15 is 0 Å². The molecule has 0 spiro atoms. The van der Waals surface area contributed by atoms with Crippen LogP contribution in [0.4, 0.5) is 0 Å².